The van der Waals surface area contributed by atoms with Crippen molar-refractivity contribution in [1.82, 2.24) is 0 Å². The van der Waals surface area contributed by atoms with Crippen LogP contribution >= 0.6 is 18.1 Å². The second-order valence-corrected chi connectivity index (χ2v) is 6.70. The van der Waals surface area contributed by atoms with Crippen LogP contribution in [-0.2, 0) is 4.79 Å². The van der Waals surface area contributed by atoms with E-state index in [2.05, 4.69) is 6.92 Å². The standard InChI is InChI=1S/C12H24O2.2ClH.Mg/c1-2-3-4-5-6-7-8-9-10-11-12(13)14;;;/h2-11H2,1H3,(H,13,14);2*1H;/q;;;+2/p-2. The number of halogens is 2. The van der Waals surface area contributed by atoms with E-state index in [0.29, 0.717) is 6.42 Å². The highest BCUT2D eigenvalue weighted by Crippen LogP contribution is 2.10. The summed E-state index contributed by atoms with van der Waals surface area (Å²) in [5, 5.41) is 8.41. The predicted octanol–water partition coefficient (Wildman–Crippen LogP) is 4.99. The Kier molecular flexibility index (Phi) is 22.7. The number of rotatable bonds is 10. The minimum absolute atomic E-state index is 0.343. The van der Waals surface area contributed by atoms with Crippen LogP contribution in [0.2, 0.25) is 0 Å². The Bertz CT molecular complexity index is 157. The molecule has 0 saturated heterocycles. The highest BCUT2D eigenvalue weighted by Gasteiger charge is 1.96. The highest BCUT2D eigenvalue weighted by atomic mass is 35.6. The molecule has 0 bridgehead atoms. The molecule has 0 unspecified atom stereocenters. The Morgan fingerprint density at radius 3 is 1.65 bits per heavy atom. The van der Waals surface area contributed by atoms with Gasteiger partial charge in [0, 0.05) is 6.42 Å². The molecular weight excluding hydrogens is 271 g/mol. The summed E-state index contributed by atoms with van der Waals surface area (Å²) in [4.78, 5) is 10.2. The molecule has 5 heteroatoms. The third kappa shape index (κ3) is 26.4. The summed E-state index contributed by atoms with van der Waals surface area (Å²) in [6.45, 7) is 2.23. The van der Waals surface area contributed by atoms with Gasteiger partial charge < -0.3 is 23.2 Å². The van der Waals surface area contributed by atoms with E-state index in [4.69, 9.17) is 23.2 Å². The molecule has 1 N–H and O–H groups in total. The van der Waals surface area contributed by atoms with Gasteiger partial charge in [-0.25, -0.2) is 0 Å². The van der Waals surface area contributed by atoms with Crippen LogP contribution in [0.5, 0.6) is 0 Å². The van der Waals surface area contributed by atoms with Gasteiger partial charge in [-0.2, -0.15) is 0 Å². The summed E-state index contributed by atoms with van der Waals surface area (Å²) >= 11 is -0.639. The highest BCUT2D eigenvalue weighted by molar-refractivity contribution is 7.22. The van der Waals surface area contributed by atoms with Crippen molar-refractivity contribution in [3.05, 3.63) is 0 Å². The molecule has 100 valence electrons. The van der Waals surface area contributed by atoms with Crippen molar-refractivity contribution in [3.63, 3.8) is 0 Å². The Balaban J connectivity index is 0. The van der Waals surface area contributed by atoms with Gasteiger partial charge in [-0.3, -0.25) is 4.79 Å². The molecule has 0 atom stereocenters. The van der Waals surface area contributed by atoms with E-state index < -0.39 is 24.1 Å². The Hall–Kier alpha value is 0.816. The topological polar surface area (TPSA) is 37.3 Å². The molecule has 0 heterocycles. The summed E-state index contributed by atoms with van der Waals surface area (Å²) < 4.78 is 0. The van der Waals surface area contributed by atoms with Gasteiger partial charge in [0.1, 0.15) is 0 Å². The number of carboxylic acid groups (broad SMARTS) is 1. The van der Waals surface area contributed by atoms with Crippen LogP contribution in [-0.4, -0.2) is 29.2 Å². The quantitative estimate of drug-likeness (QED) is 0.455. The van der Waals surface area contributed by atoms with Gasteiger partial charge in [0.25, 0.3) is 0 Å². The fourth-order valence-corrected chi connectivity index (χ4v) is 1.59. The second kappa shape index (κ2) is 19.2. The van der Waals surface area contributed by atoms with Crippen LogP contribution in [0.4, 0.5) is 0 Å². The van der Waals surface area contributed by atoms with Crippen LogP contribution in [0.3, 0.4) is 0 Å². The molecule has 0 aliphatic heterocycles. The lowest BCUT2D eigenvalue weighted by molar-refractivity contribution is -0.137. The smallest absolute Gasteiger partial charge is 0.481 e. The molecule has 0 spiro atoms. The number of carbonyl (C=O) groups is 1. The molecule has 0 aromatic rings. The van der Waals surface area contributed by atoms with Crippen molar-refractivity contribution in [2.45, 2.75) is 71.1 Å². The lowest BCUT2D eigenvalue weighted by Gasteiger charge is -2.00. The third-order valence-electron chi connectivity index (χ3n) is 2.49. The monoisotopic (exact) mass is 294 g/mol. The zero-order chi connectivity index (χ0) is 13.4. The van der Waals surface area contributed by atoms with Gasteiger partial charge in [0.05, 0.1) is 0 Å². The van der Waals surface area contributed by atoms with Crippen molar-refractivity contribution in [1.29, 1.82) is 0 Å². The lowest BCUT2D eigenvalue weighted by atomic mass is 10.1. The van der Waals surface area contributed by atoms with Crippen molar-refractivity contribution in [3.8, 4) is 0 Å². The van der Waals surface area contributed by atoms with Gasteiger partial charge >= 0.3 is 24.1 Å². The number of aliphatic carboxylic acids is 1. The fraction of sp³-hybridized carbons (Fsp3) is 0.917. The van der Waals surface area contributed by atoms with Gasteiger partial charge in [0.15, 0.2) is 0 Å². The van der Waals surface area contributed by atoms with Gasteiger partial charge in [-0.1, -0.05) is 58.3 Å². The van der Waals surface area contributed by atoms with Crippen molar-refractivity contribution in [2.24, 2.45) is 0 Å². The van der Waals surface area contributed by atoms with Crippen LogP contribution in [0.1, 0.15) is 71.1 Å². The number of carboxylic acids is 1. The average Bonchev–Trinajstić information content (AvgIpc) is 2.27. The van der Waals surface area contributed by atoms with E-state index in [0.717, 1.165) is 12.8 Å². The first-order valence-electron chi connectivity index (χ1n) is 6.52. The molecular formula is C12H24Cl2MgO2. The Morgan fingerprint density at radius 2 is 1.29 bits per heavy atom. The summed E-state index contributed by atoms with van der Waals surface area (Å²) in [6.07, 6.45) is 11.5. The Labute approximate surface area is 123 Å². The zero-order valence-electron chi connectivity index (χ0n) is 10.9. The minimum Gasteiger partial charge on any atom is -0.481 e. The predicted molar refractivity (Wildman–Crippen MR) is 76.9 cm³/mol. The van der Waals surface area contributed by atoms with Crippen LogP contribution < -0.4 is 0 Å². The molecule has 0 aliphatic rings. The SMILES string of the molecule is CCCCCCCCCCCC(=O)O.[Cl][Mg][Cl]. The summed E-state index contributed by atoms with van der Waals surface area (Å²) in [7, 11) is 9.81. The minimum atomic E-state index is -0.659. The average molecular weight is 296 g/mol. The van der Waals surface area contributed by atoms with Crippen LogP contribution in [0.15, 0.2) is 0 Å². The van der Waals surface area contributed by atoms with Gasteiger partial charge in [-0.15, -0.1) is 0 Å². The van der Waals surface area contributed by atoms with Crippen molar-refractivity contribution < 1.29 is 9.90 Å². The number of unbranched alkanes of at least 4 members (excludes halogenated alkanes) is 8. The van der Waals surface area contributed by atoms with Crippen molar-refractivity contribution >= 4 is 42.3 Å². The van der Waals surface area contributed by atoms with E-state index >= 15 is 0 Å². The first-order chi connectivity index (χ1) is 8.18. The van der Waals surface area contributed by atoms with E-state index in [9.17, 15) is 4.79 Å². The molecule has 0 radical (unpaired) electrons. The zero-order valence-corrected chi connectivity index (χ0v) is 13.8. The van der Waals surface area contributed by atoms with E-state index in [1.54, 1.807) is 0 Å². The molecule has 2 nitrogen and oxygen atoms in total. The Morgan fingerprint density at radius 1 is 0.941 bits per heavy atom. The normalized spacial score (nSPS) is 9.12. The van der Waals surface area contributed by atoms with E-state index in [-0.39, 0.29) is 0 Å². The molecule has 0 aromatic heterocycles. The van der Waals surface area contributed by atoms with E-state index in [1.807, 2.05) is 0 Å². The number of hydrogen-bond acceptors (Lipinski definition) is 1. The molecule has 17 heavy (non-hydrogen) atoms. The van der Waals surface area contributed by atoms with Crippen LogP contribution in [0.25, 0.3) is 0 Å². The maximum absolute atomic E-state index is 10.2. The van der Waals surface area contributed by atoms with Crippen molar-refractivity contribution in [2.75, 3.05) is 0 Å². The molecule has 0 amide bonds. The second-order valence-electron chi connectivity index (χ2n) is 4.07. The molecule has 0 saturated carbocycles. The maximum Gasteiger partial charge on any atom is 0.618 e. The largest absolute Gasteiger partial charge is 0.618 e. The molecule has 0 fully saturated rings. The van der Waals surface area contributed by atoms with Gasteiger partial charge in [-0.05, 0) is 6.42 Å². The van der Waals surface area contributed by atoms with Gasteiger partial charge in [0.2, 0.25) is 0 Å². The molecule has 0 rings (SSSR count). The first-order valence-corrected chi connectivity index (χ1v) is 10.8. The maximum atomic E-state index is 10.2. The molecule has 0 aromatic carbocycles. The summed E-state index contributed by atoms with van der Waals surface area (Å²) in [6, 6.07) is 0. The summed E-state index contributed by atoms with van der Waals surface area (Å²) in [5.74, 6) is -0.659. The molecule has 0 aliphatic carbocycles. The summed E-state index contributed by atoms with van der Waals surface area (Å²) in [5.41, 5.74) is 0. The fourth-order valence-electron chi connectivity index (χ4n) is 1.59. The number of hydrogen-bond donors (Lipinski definition) is 1. The van der Waals surface area contributed by atoms with Crippen LogP contribution in [0, 0.1) is 0 Å². The lowest BCUT2D eigenvalue weighted by Crippen LogP contribution is -1.93. The first kappa shape index (κ1) is 20.1. The third-order valence-corrected chi connectivity index (χ3v) is 2.49. The van der Waals surface area contributed by atoms with E-state index in [1.165, 1.54) is 44.9 Å².